The van der Waals surface area contributed by atoms with E-state index < -0.39 is 8.24 Å². The topological polar surface area (TPSA) is 12.0 Å². The van der Waals surface area contributed by atoms with E-state index >= 15 is 0 Å². The van der Waals surface area contributed by atoms with Crippen molar-refractivity contribution >= 4 is 18.6 Å². The number of nitrogens with one attached hydrogen (secondary N) is 1. The molecule has 0 spiro atoms. The molecule has 18 heavy (non-hydrogen) atoms. The van der Waals surface area contributed by atoms with Gasteiger partial charge in [-0.2, -0.15) is 0 Å². The van der Waals surface area contributed by atoms with Crippen molar-refractivity contribution < 1.29 is 0 Å². The standard InChI is InChI=1S/C16H21NSi/c1-3-14-18(17-2,15-10-6-4-7-11-15)16-12-8-5-9-13-16/h4-13,17H,3,14H2,1-2H3. The van der Waals surface area contributed by atoms with Gasteiger partial charge in [-0.1, -0.05) is 74.0 Å². The minimum atomic E-state index is -1.77. The molecule has 0 unspecified atom stereocenters. The molecule has 0 fully saturated rings. The van der Waals surface area contributed by atoms with E-state index in [1.165, 1.54) is 22.8 Å². The Kier molecular flexibility index (Phi) is 4.34. The summed E-state index contributed by atoms with van der Waals surface area (Å²) in [5.74, 6) is 0. The van der Waals surface area contributed by atoms with Crippen LogP contribution in [-0.2, 0) is 0 Å². The fourth-order valence-electron chi connectivity index (χ4n) is 2.69. The maximum atomic E-state index is 3.69. The van der Waals surface area contributed by atoms with Gasteiger partial charge in [0.1, 0.15) is 0 Å². The molecule has 2 aromatic rings. The number of rotatable bonds is 5. The van der Waals surface area contributed by atoms with Crippen molar-refractivity contribution in [2.45, 2.75) is 19.4 Å². The van der Waals surface area contributed by atoms with E-state index in [0.717, 1.165) is 0 Å². The molecule has 0 heterocycles. The lowest BCUT2D eigenvalue weighted by atomic mass is 10.4. The lowest BCUT2D eigenvalue weighted by molar-refractivity contribution is 1.01. The summed E-state index contributed by atoms with van der Waals surface area (Å²) in [5.41, 5.74) is 0. The van der Waals surface area contributed by atoms with Crippen LogP contribution in [0.3, 0.4) is 0 Å². The molecule has 0 radical (unpaired) electrons. The van der Waals surface area contributed by atoms with Crippen molar-refractivity contribution in [1.82, 2.24) is 4.98 Å². The predicted octanol–water partition coefficient (Wildman–Crippen LogP) is 2.38. The van der Waals surface area contributed by atoms with Gasteiger partial charge in [-0.25, -0.2) is 0 Å². The van der Waals surface area contributed by atoms with Crippen LogP contribution in [0.5, 0.6) is 0 Å². The molecular formula is C16H21NSi. The van der Waals surface area contributed by atoms with Crippen LogP contribution < -0.4 is 15.4 Å². The van der Waals surface area contributed by atoms with Crippen LogP contribution in [0.4, 0.5) is 0 Å². The molecule has 1 N–H and O–H groups in total. The Balaban J connectivity index is 2.53. The van der Waals surface area contributed by atoms with Crippen molar-refractivity contribution in [3.05, 3.63) is 60.7 Å². The third-order valence-electron chi connectivity index (χ3n) is 3.58. The third kappa shape index (κ3) is 2.40. The van der Waals surface area contributed by atoms with Gasteiger partial charge in [-0.15, -0.1) is 0 Å². The molecule has 0 aromatic heterocycles. The predicted molar refractivity (Wildman–Crippen MR) is 82.1 cm³/mol. The first-order valence-electron chi connectivity index (χ1n) is 6.63. The molecule has 0 amide bonds. The molecule has 2 aromatic carbocycles. The maximum Gasteiger partial charge on any atom is 0.189 e. The van der Waals surface area contributed by atoms with E-state index in [1.807, 2.05) is 0 Å². The fraction of sp³-hybridized carbons (Fsp3) is 0.250. The van der Waals surface area contributed by atoms with Gasteiger partial charge >= 0.3 is 0 Å². The highest BCUT2D eigenvalue weighted by Crippen LogP contribution is 2.10. The second-order valence-electron chi connectivity index (χ2n) is 4.64. The highest BCUT2D eigenvalue weighted by Gasteiger charge is 2.34. The van der Waals surface area contributed by atoms with Crippen molar-refractivity contribution in [2.24, 2.45) is 0 Å². The lowest BCUT2D eigenvalue weighted by Crippen LogP contribution is -2.67. The van der Waals surface area contributed by atoms with E-state index in [9.17, 15) is 0 Å². The molecule has 0 aliphatic carbocycles. The summed E-state index contributed by atoms with van der Waals surface area (Å²) in [6.07, 6.45) is 1.21. The van der Waals surface area contributed by atoms with Crippen LogP contribution in [0.2, 0.25) is 6.04 Å². The molecule has 0 aliphatic heterocycles. The Hall–Kier alpha value is -1.38. The molecule has 0 saturated heterocycles. The number of benzene rings is 2. The maximum absolute atomic E-state index is 3.69. The Labute approximate surface area is 111 Å². The first-order valence-corrected chi connectivity index (χ1v) is 8.84. The van der Waals surface area contributed by atoms with Gasteiger partial charge in [0.05, 0.1) is 0 Å². The van der Waals surface area contributed by atoms with Crippen LogP contribution in [0.15, 0.2) is 60.7 Å². The van der Waals surface area contributed by atoms with Crippen LogP contribution >= 0.6 is 0 Å². The van der Waals surface area contributed by atoms with E-state index in [4.69, 9.17) is 0 Å². The van der Waals surface area contributed by atoms with Crippen molar-refractivity contribution in [2.75, 3.05) is 7.05 Å². The van der Waals surface area contributed by atoms with Gasteiger partial charge in [-0.05, 0) is 23.5 Å². The summed E-state index contributed by atoms with van der Waals surface area (Å²) in [7, 11) is 0.341. The molecule has 2 heteroatoms. The van der Waals surface area contributed by atoms with E-state index in [-0.39, 0.29) is 0 Å². The van der Waals surface area contributed by atoms with Gasteiger partial charge in [0.15, 0.2) is 8.24 Å². The molecule has 0 saturated carbocycles. The molecule has 1 nitrogen and oxygen atoms in total. The zero-order chi connectivity index (χ0) is 12.8. The van der Waals surface area contributed by atoms with Gasteiger partial charge in [-0.3, -0.25) is 0 Å². The second kappa shape index (κ2) is 5.98. The summed E-state index contributed by atoms with van der Waals surface area (Å²) in [6, 6.07) is 23.1. The van der Waals surface area contributed by atoms with Crippen molar-refractivity contribution in [3.8, 4) is 0 Å². The normalized spacial score (nSPS) is 11.4. The Morgan fingerprint density at radius 1 is 0.833 bits per heavy atom. The van der Waals surface area contributed by atoms with Gasteiger partial charge < -0.3 is 4.98 Å². The zero-order valence-corrected chi connectivity index (χ0v) is 12.2. The number of hydrogen-bond donors (Lipinski definition) is 1. The largest absolute Gasteiger partial charge is 0.333 e. The first-order chi connectivity index (χ1) is 8.83. The summed E-state index contributed by atoms with van der Waals surface area (Å²) in [5, 5.41) is 2.95. The average molecular weight is 255 g/mol. The minimum absolute atomic E-state index is 1.21. The zero-order valence-electron chi connectivity index (χ0n) is 11.2. The van der Waals surface area contributed by atoms with Gasteiger partial charge in [0.25, 0.3) is 0 Å². The van der Waals surface area contributed by atoms with Crippen LogP contribution in [-0.4, -0.2) is 15.3 Å². The lowest BCUT2D eigenvalue weighted by Gasteiger charge is -2.32. The highest BCUT2D eigenvalue weighted by molar-refractivity contribution is 7.00. The third-order valence-corrected chi connectivity index (χ3v) is 8.33. The summed E-state index contributed by atoms with van der Waals surface area (Å²) in [4.78, 5) is 3.69. The van der Waals surface area contributed by atoms with Crippen molar-refractivity contribution in [1.29, 1.82) is 0 Å². The van der Waals surface area contributed by atoms with Crippen LogP contribution in [0, 0.1) is 0 Å². The smallest absolute Gasteiger partial charge is 0.189 e. The molecule has 2 rings (SSSR count). The monoisotopic (exact) mass is 255 g/mol. The van der Waals surface area contributed by atoms with E-state index in [0.29, 0.717) is 0 Å². The number of hydrogen-bond acceptors (Lipinski definition) is 1. The quantitative estimate of drug-likeness (QED) is 0.809. The Morgan fingerprint density at radius 3 is 1.61 bits per heavy atom. The first kappa shape index (κ1) is 13.1. The molecule has 0 bridgehead atoms. The highest BCUT2D eigenvalue weighted by atomic mass is 28.3. The van der Waals surface area contributed by atoms with Crippen molar-refractivity contribution in [3.63, 3.8) is 0 Å². The van der Waals surface area contributed by atoms with E-state index in [2.05, 4.69) is 79.6 Å². The molecule has 94 valence electrons. The molecular weight excluding hydrogens is 234 g/mol. The summed E-state index contributed by atoms with van der Waals surface area (Å²) < 4.78 is 0. The van der Waals surface area contributed by atoms with Crippen LogP contribution in [0.25, 0.3) is 0 Å². The van der Waals surface area contributed by atoms with E-state index in [1.54, 1.807) is 0 Å². The Morgan fingerprint density at radius 2 is 1.28 bits per heavy atom. The second-order valence-corrected chi connectivity index (χ2v) is 8.60. The van der Waals surface area contributed by atoms with Gasteiger partial charge in [0.2, 0.25) is 0 Å². The fourth-order valence-corrected chi connectivity index (χ4v) is 6.70. The van der Waals surface area contributed by atoms with Crippen LogP contribution in [0.1, 0.15) is 13.3 Å². The molecule has 0 atom stereocenters. The minimum Gasteiger partial charge on any atom is -0.333 e. The molecule has 0 aliphatic rings. The van der Waals surface area contributed by atoms with Gasteiger partial charge in [0, 0.05) is 0 Å². The Bertz CT molecular complexity index is 427. The average Bonchev–Trinajstić information content (AvgIpc) is 2.47. The summed E-state index contributed by atoms with van der Waals surface area (Å²) >= 11 is 0. The SMILES string of the molecule is CCC[Si](NC)(c1ccccc1)c1ccccc1. The summed E-state index contributed by atoms with van der Waals surface area (Å²) in [6.45, 7) is 2.27.